The van der Waals surface area contributed by atoms with Crippen molar-refractivity contribution in [2.24, 2.45) is 5.92 Å². The number of ether oxygens (including phenoxy) is 3. The maximum absolute atomic E-state index is 13.7. The van der Waals surface area contributed by atoms with Crippen LogP contribution in [0, 0.1) is 12.8 Å². The molecular weight excluding hydrogens is 452 g/mol. The number of aromatic nitrogens is 1. The molecule has 3 heterocycles. The van der Waals surface area contributed by atoms with Gasteiger partial charge in [0.2, 0.25) is 0 Å². The van der Waals surface area contributed by atoms with Crippen molar-refractivity contribution in [3.05, 3.63) is 46.2 Å². The second-order valence-corrected chi connectivity index (χ2v) is 9.70. The summed E-state index contributed by atoms with van der Waals surface area (Å²) in [5.41, 5.74) is 1.91. The smallest absolute Gasteiger partial charge is 0.296 e. The first-order valence-corrected chi connectivity index (χ1v) is 11.8. The first-order valence-electron chi connectivity index (χ1n) is 10.5. The number of Topliss-reactive ketones (excluding diaryl/α,β-unsaturated/α-hetero) is 1. The van der Waals surface area contributed by atoms with Crippen LogP contribution >= 0.6 is 22.9 Å². The molecule has 1 aromatic heterocycles. The summed E-state index contributed by atoms with van der Waals surface area (Å²) >= 11 is 7.75. The second kappa shape index (κ2) is 8.08. The number of anilines is 1. The highest BCUT2D eigenvalue weighted by Gasteiger charge is 2.53. The van der Waals surface area contributed by atoms with Crippen LogP contribution in [0.2, 0.25) is 0 Å². The van der Waals surface area contributed by atoms with Crippen LogP contribution in [-0.4, -0.2) is 42.4 Å². The summed E-state index contributed by atoms with van der Waals surface area (Å²) in [7, 11) is 3.11. The molecule has 3 aliphatic rings. The maximum atomic E-state index is 13.7. The van der Waals surface area contributed by atoms with Crippen LogP contribution in [0.15, 0.2) is 34.9 Å². The van der Waals surface area contributed by atoms with Gasteiger partial charge in [-0.25, -0.2) is 4.98 Å². The van der Waals surface area contributed by atoms with E-state index in [1.807, 2.05) is 18.4 Å². The Bertz CT molecular complexity index is 1130. The monoisotopic (exact) mass is 474 g/mol. The number of hydrogen-bond donors (Lipinski definition) is 0. The Morgan fingerprint density at radius 1 is 1.19 bits per heavy atom. The number of rotatable bonds is 4. The fraction of sp³-hybridized carbons (Fsp3) is 0.435. The predicted octanol–water partition coefficient (Wildman–Crippen LogP) is 4.19. The van der Waals surface area contributed by atoms with E-state index in [9.17, 15) is 9.59 Å². The Morgan fingerprint density at radius 2 is 1.97 bits per heavy atom. The minimum atomic E-state index is -0.660. The number of carbonyl (C=O) groups excluding carboxylic acids is 2. The molecule has 0 saturated heterocycles. The first kappa shape index (κ1) is 21.3. The normalized spacial score (nSPS) is 27.2. The van der Waals surface area contributed by atoms with Crippen LogP contribution in [0.1, 0.15) is 36.6 Å². The Morgan fingerprint density at radius 3 is 2.66 bits per heavy atom. The lowest BCUT2D eigenvalue weighted by molar-refractivity contribution is -0.131. The third kappa shape index (κ3) is 3.28. The molecule has 1 aliphatic carbocycles. The summed E-state index contributed by atoms with van der Waals surface area (Å²) < 4.78 is 17.0. The average Bonchev–Trinajstić information content (AvgIpc) is 3.34. The molecule has 32 heavy (non-hydrogen) atoms. The van der Waals surface area contributed by atoms with Crippen LogP contribution in [0.5, 0.6) is 11.5 Å². The lowest BCUT2D eigenvalue weighted by Crippen LogP contribution is -2.41. The molecule has 1 saturated carbocycles. The highest BCUT2D eigenvalue weighted by atomic mass is 35.5. The minimum Gasteiger partial charge on any atom is -0.493 e. The van der Waals surface area contributed by atoms with Crippen molar-refractivity contribution in [2.45, 2.75) is 43.7 Å². The number of ketones is 1. The van der Waals surface area contributed by atoms with E-state index in [0.717, 1.165) is 17.7 Å². The summed E-state index contributed by atoms with van der Waals surface area (Å²) in [6.45, 7) is 1.87. The fourth-order valence-corrected chi connectivity index (χ4v) is 5.95. The van der Waals surface area contributed by atoms with E-state index >= 15 is 0 Å². The fourth-order valence-electron chi connectivity index (χ4n) is 4.80. The molecule has 4 unspecified atom stereocenters. The molecule has 1 amide bonds. The van der Waals surface area contributed by atoms with Gasteiger partial charge in [0, 0.05) is 10.8 Å². The predicted molar refractivity (Wildman–Crippen MR) is 121 cm³/mol. The molecule has 0 spiro atoms. The number of aryl methyl sites for hydroxylation is 1. The van der Waals surface area contributed by atoms with Crippen molar-refractivity contribution in [3.8, 4) is 11.5 Å². The van der Waals surface area contributed by atoms with Crippen molar-refractivity contribution in [2.75, 3.05) is 19.1 Å². The van der Waals surface area contributed by atoms with Gasteiger partial charge in [0.1, 0.15) is 6.10 Å². The number of nitrogens with zero attached hydrogens (tertiary/aromatic N) is 2. The number of hydrogen-bond acceptors (Lipinski definition) is 7. The van der Waals surface area contributed by atoms with Crippen LogP contribution in [0.25, 0.3) is 0 Å². The molecule has 0 bridgehead atoms. The Hall–Kier alpha value is -2.58. The van der Waals surface area contributed by atoms with Crippen molar-refractivity contribution in [1.29, 1.82) is 0 Å². The highest BCUT2D eigenvalue weighted by molar-refractivity contribution is 7.14. The van der Waals surface area contributed by atoms with Gasteiger partial charge in [-0.05, 0) is 43.9 Å². The lowest BCUT2D eigenvalue weighted by atomic mass is 9.77. The molecule has 7 nitrogen and oxygen atoms in total. The molecule has 4 atom stereocenters. The number of methoxy groups -OCH3 is 2. The van der Waals surface area contributed by atoms with Crippen molar-refractivity contribution in [1.82, 2.24) is 4.98 Å². The average molecular weight is 475 g/mol. The zero-order valence-electron chi connectivity index (χ0n) is 18.0. The van der Waals surface area contributed by atoms with Crippen LogP contribution in [-0.2, 0) is 14.3 Å². The van der Waals surface area contributed by atoms with E-state index in [4.69, 9.17) is 25.8 Å². The summed E-state index contributed by atoms with van der Waals surface area (Å²) in [4.78, 5) is 33.4. The topological polar surface area (TPSA) is 78.0 Å². The zero-order valence-corrected chi connectivity index (χ0v) is 19.5. The van der Waals surface area contributed by atoms with Gasteiger partial charge in [-0.1, -0.05) is 6.07 Å². The zero-order chi connectivity index (χ0) is 22.6. The number of alkyl halides is 1. The molecule has 2 aromatic rings. The van der Waals surface area contributed by atoms with Crippen molar-refractivity contribution in [3.63, 3.8) is 0 Å². The Labute approximate surface area is 194 Å². The van der Waals surface area contributed by atoms with Gasteiger partial charge in [0.25, 0.3) is 5.91 Å². The van der Waals surface area contributed by atoms with E-state index in [1.165, 1.54) is 11.3 Å². The number of carbonyl (C=O) groups is 2. The van der Waals surface area contributed by atoms with Crippen molar-refractivity contribution >= 4 is 39.8 Å². The number of thiazole rings is 1. The van der Waals surface area contributed by atoms with Crippen LogP contribution < -0.4 is 14.4 Å². The molecule has 1 fully saturated rings. The Kier molecular flexibility index (Phi) is 5.37. The second-order valence-electron chi connectivity index (χ2n) is 8.24. The van der Waals surface area contributed by atoms with E-state index in [0.29, 0.717) is 35.0 Å². The largest absolute Gasteiger partial charge is 0.493 e. The van der Waals surface area contributed by atoms with E-state index in [1.54, 1.807) is 31.3 Å². The molecule has 168 valence electrons. The molecular formula is C23H23ClN2O5S. The van der Waals surface area contributed by atoms with E-state index in [2.05, 4.69) is 4.98 Å². The first-order chi connectivity index (χ1) is 15.4. The van der Waals surface area contributed by atoms with E-state index in [-0.39, 0.29) is 34.8 Å². The van der Waals surface area contributed by atoms with Gasteiger partial charge in [-0.2, -0.15) is 0 Å². The number of fused-ring (bicyclic) bond motifs is 1. The molecule has 5 rings (SSSR count). The summed E-state index contributed by atoms with van der Waals surface area (Å²) in [6.07, 6.45) is 1.66. The number of halogens is 1. The molecule has 0 N–H and O–H groups in total. The maximum Gasteiger partial charge on any atom is 0.296 e. The van der Waals surface area contributed by atoms with E-state index < -0.39 is 6.04 Å². The van der Waals surface area contributed by atoms with Gasteiger partial charge in [-0.3, -0.25) is 14.5 Å². The standard InChI is InChI=1S/C23H23ClN2O5S/c1-11-10-32-23(25-11)26-19(12-4-6-16(29-2)17(8-12)30-3)18-20(27)14-9-13(24)5-7-15(14)31-21(18)22(26)28/h4,6,8,10,13-15,19H,5,7,9H2,1-3H3. The SMILES string of the molecule is COc1ccc(C2C3=C(OC4CCC(Cl)CC4C3=O)C(=O)N2c2nc(C)cs2)cc1OC. The van der Waals surface area contributed by atoms with Crippen molar-refractivity contribution < 1.29 is 23.8 Å². The highest BCUT2D eigenvalue weighted by Crippen LogP contribution is 2.50. The molecule has 9 heteroatoms. The van der Waals surface area contributed by atoms with Gasteiger partial charge in [0.15, 0.2) is 28.2 Å². The minimum absolute atomic E-state index is 0.0643. The molecule has 1 aromatic carbocycles. The lowest BCUT2D eigenvalue weighted by Gasteiger charge is -2.37. The summed E-state index contributed by atoms with van der Waals surface area (Å²) in [6, 6.07) is 4.75. The third-order valence-electron chi connectivity index (χ3n) is 6.32. The van der Waals surface area contributed by atoms with Crippen LogP contribution in [0.3, 0.4) is 0 Å². The van der Waals surface area contributed by atoms with Gasteiger partial charge >= 0.3 is 0 Å². The number of amides is 1. The molecule has 2 aliphatic heterocycles. The molecule has 0 radical (unpaired) electrons. The summed E-state index contributed by atoms with van der Waals surface area (Å²) in [5, 5.41) is 2.34. The summed E-state index contributed by atoms with van der Waals surface area (Å²) in [5.74, 6) is 0.465. The Balaban J connectivity index is 1.65. The van der Waals surface area contributed by atoms with Gasteiger partial charge in [-0.15, -0.1) is 22.9 Å². The third-order valence-corrected chi connectivity index (χ3v) is 7.67. The van der Waals surface area contributed by atoms with Gasteiger partial charge in [0.05, 0.1) is 37.4 Å². The number of benzene rings is 1. The van der Waals surface area contributed by atoms with Crippen LogP contribution in [0.4, 0.5) is 5.13 Å². The quantitative estimate of drug-likeness (QED) is 0.618. The van der Waals surface area contributed by atoms with Gasteiger partial charge < -0.3 is 14.2 Å².